The zero-order valence-electron chi connectivity index (χ0n) is 9.93. The van der Waals surface area contributed by atoms with E-state index in [0.717, 1.165) is 5.69 Å². The van der Waals surface area contributed by atoms with Gasteiger partial charge in [-0.25, -0.2) is 0 Å². The molecule has 2 rings (SSSR count). The Balaban J connectivity index is 2.03. The van der Waals surface area contributed by atoms with E-state index in [1.54, 1.807) is 24.3 Å². The molecule has 0 saturated carbocycles. The van der Waals surface area contributed by atoms with Crippen LogP contribution in [0.5, 0.6) is 0 Å². The summed E-state index contributed by atoms with van der Waals surface area (Å²) in [4.78, 5) is 11.9. The molecule has 0 spiro atoms. The molecule has 0 aliphatic heterocycles. The van der Waals surface area contributed by atoms with Crippen LogP contribution in [0.1, 0.15) is 21.8 Å². The molecule has 18 heavy (non-hydrogen) atoms. The molecule has 0 fully saturated rings. The SMILES string of the molecule is Cc1cc(CNC(=O)c2ccc(N)cc2N)on1. The lowest BCUT2D eigenvalue weighted by Crippen LogP contribution is -2.23. The molecule has 1 heterocycles. The summed E-state index contributed by atoms with van der Waals surface area (Å²) in [5.74, 6) is 0.316. The second kappa shape index (κ2) is 4.79. The highest BCUT2D eigenvalue weighted by atomic mass is 16.5. The fourth-order valence-electron chi connectivity index (χ4n) is 1.55. The summed E-state index contributed by atoms with van der Waals surface area (Å²) in [6.07, 6.45) is 0. The lowest BCUT2D eigenvalue weighted by Gasteiger charge is -2.06. The molecule has 6 heteroatoms. The summed E-state index contributed by atoms with van der Waals surface area (Å²) in [5, 5.41) is 6.42. The Morgan fingerprint density at radius 2 is 2.17 bits per heavy atom. The first-order valence-corrected chi connectivity index (χ1v) is 5.41. The third-order valence-corrected chi connectivity index (χ3v) is 2.42. The van der Waals surface area contributed by atoms with Crippen LogP contribution in [-0.4, -0.2) is 11.1 Å². The predicted octanol–water partition coefficient (Wildman–Crippen LogP) is 1.08. The van der Waals surface area contributed by atoms with Gasteiger partial charge in [0.15, 0.2) is 5.76 Å². The maximum Gasteiger partial charge on any atom is 0.253 e. The summed E-state index contributed by atoms with van der Waals surface area (Å²) >= 11 is 0. The van der Waals surface area contributed by atoms with Gasteiger partial charge in [0.1, 0.15) is 0 Å². The van der Waals surface area contributed by atoms with E-state index >= 15 is 0 Å². The zero-order chi connectivity index (χ0) is 13.1. The number of aryl methyl sites for hydroxylation is 1. The van der Waals surface area contributed by atoms with E-state index in [1.807, 2.05) is 6.92 Å². The lowest BCUT2D eigenvalue weighted by atomic mass is 10.1. The molecule has 1 amide bonds. The minimum atomic E-state index is -0.276. The summed E-state index contributed by atoms with van der Waals surface area (Å²) < 4.78 is 4.98. The van der Waals surface area contributed by atoms with Gasteiger partial charge in [-0.1, -0.05) is 5.16 Å². The number of benzene rings is 1. The van der Waals surface area contributed by atoms with E-state index in [2.05, 4.69) is 10.5 Å². The fourth-order valence-corrected chi connectivity index (χ4v) is 1.55. The average molecular weight is 246 g/mol. The van der Waals surface area contributed by atoms with Crippen LogP contribution < -0.4 is 16.8 Å². The Kier molecular flexibility index (Phi) is 3.18. The van der Waals surface area contributed by atoms with Gasteiger partial charge in [-0.2, -0.15) is 0 Å². The Morgan fingerprint density at radius 1 is 1.39 bits per heavy atom. The molecule has 0 bridgehead atoms. The fraction of sp³-hybridized carbons (Fsp3) is 0.167. The molecule has 6 nitrogen and oxygen atoms in total. The van der Waals surface area contributed by atoms with Crippen molar-refractivity contribution in [3.63, 3.8) is 0 Å². The maximum atomic E-state index is 11.9. The van der Waals surface area contributed by atoms with Crippen LogP contribution in [0.3, 0.4) is 0 Å². The van der Waals surface area contributed by atoms with Crippen molar-refractivity contribution in [3.05, 3.63) is 41.3 Å². The average Bonchev–Trinajstić information content (AvgIpc) is 2.72. The first-order chi connectivity index (χ1) is 8.56. The number of nitrogens with two attached hydrogens (primary N) is 2. The van der Waals surface area contributed by atoms with Crippen molar-refractivity contribution in [1.29, 1.82) is 0 Å². The van der Waals surface area contributed by atoms with Gasteiger partial charge in [-0.15, -0.1) is 0 Å². The highest BCUT2D eigenvalue weighted by Crippen LogP contribution is 2.15. The second-order valence-electron chi connectivity index (χ2n) is 3.96. The third kappa shape index (κ3) is 2.60. The molecule has 0 unspecified atom stereocenters. The first-order valence-electron chi connectivity index (χ1n) is 5.41. The molecule has 5 N–H and O–H groups in total. The van der Waals surface area contributed by atoms with Gasteiger partial charge in [0.2, 0.25) is 0 Å². The minimum absolute atomic E-state index is 0.267. The van der Waals surface area contributed by atoms with E-state index < -0.39 is 0 Å². The summed E-state index contributed by atoms with van der Waals surface area (Å²) in [6, 6.07) is 6.52. The molecule has 0 atom stereocenters. The van der Waals surface area contributed by atoms with Crippen LogP contribution >= 0.6 is 0 Å². The summed E-state index contributed by atoms with van der Waals surface area (Å²) in [5.41, 5.74) is 13.3. The molecule has 2 aromatic rings. The van der Waals surface area contributed by atoms with Crippen LogP contribution in [0, 0.1) is 6.92 Å². The van der Waals surface area contributed by atoms with Crippen molar-refractivity contribution in [2.24, 2.45) is 0 Å². The molecule has 94 valence electrons. The van der Waals surface area contributed by atoms with Crippen LogP contribution in [0.2, 0.25) is 0 Å². The van der Waals surface area contributed by atoms with Crippen molar-refractivity contribution in [2.45, 2.75) is 13.5 Å². The molecular weight excluding hydrogens is 232 g/mol. The van der Waals surface area contributed by atoms with Crippen LogP contribution in [0.15, 0.2) is 28.8 Å². The number of hydrogen-bond acceptors (Lipinski definition) is 5. The highest BCUT2D eigenvalue weighted by Gasteiger charge is 2.10. The van der Waals surface area contributed by atoms with Crippen molar-refractivity contribution < 1.29 is 9.32 Å². The van der Waals surface area contributed by atoms with Crippen LogP contribution in [0.25, 0.3) is 0 Å². The molecule has 0 radical (unpaired) electrons. The predicted molar refractivity (Wildman–Crippen MR) is 67.7 cm³/mol. The van der Waals surface area contributed by atoms with Gasteiger partial charge in [-0.3, -0.25) is 4.79 Å². The number of carbonyl (C=O) groups excluding carboxylic acids is 1. The van der Waals surface area contributed by atoms with E-state index in [0.29, 0.717) is 22.7 Å². The Bertz CT molecular complexity index is 577. The van der Waals surface area contributed by atoms with Crippen molar-refractivity contribution in [3.8, 4) is 0 Å². The number of carbonyl (C=O) groups is 1. The zero-order valence-corrected chi connectivity index (χ0v) is 9.93. The molecular formula is C12H14N4O2. The first kappa shape index (κ1) is 12.0. The quantitative estimate of drug-likeness (QED) is 0.702. The lowest BCUT2D eigenvalue weighted by molar-refractivity contribution is 0.0948. The number of nitrogens with zero attached hydrogens (tertiary/aromatic N) is 1. The maximum absolute atomic E-state index is 11.9. The molecule has 1 aromatic carbocycles. The van der Waals surface area contributed by atoms with E-state index in [4.69, 9.17) is 16.0 Å². The Labute approximate surface area is 104 Å². The third-order valence-electron chi connectivity index (χ3n) is 2.42. The van der Waals surface area contributed by atoms with E-state index in [-0.39, 0.29) is 12.5 Å². The topological polar surface area (TPSA) is 107 Å². The van der Waals surface area contributed by atoms with Crippen LogP contribution in [0.4, 0.5) is 11.4 Å². The van der Waals surface area contributed by atoms with Crippen molar-refractivity contribution in [2.75, 3.05) is 11.5 Å². The van der Waals surface area contributed by atoms with Gasteiger partial charge in [0.05, 0.1) is 17.8 Å². The van der Waals surface area contributed by atoms with Crippen molar-refractivity contribution >= 4 is 17.3 Å². The van der Waals surface area contributed by atoms with Gasteiger partial charge in [-0.05, 0) is 25.1 Å². The standard InChI is InChI=1S/C12H14N4O2/c1-7-4-9(18-16-7)6-15-12(17)10-3-2-8(13)5-11(10)14/h2-5H,6,13-14H2,1H3,(H,15,17). The largest absolute Gasteiger partial charge is 0.399 e. The molecule has 0 aliphatic carbocycles. The normalized spacial score (nSPS) is 10.3. The number of hydrogen-bond donors (Lipinski definition) is 3. The second-order valence-corrected chi connectivity index (χ2v) is 3.96. The summed E-state index contributed by atoms with van der Waals surface area (Å²) in [6.45, 7) is 2.08. The number of amides is 1. The van der Waals surface area contributed by atoms with E-state index in [1.165, 1.54) is 0 Å². The number of anilines is 2. The Hall–Kier alpha value is -2.50. The van der Waals surface area contributed by atoms with E-state index in [9.17, 15) is 4.79 Å². The smallest absolute Gasteiger partial charge is 0.253 e. The molecule has 0 saturated heterocycles. The number of rotatable bonds is 3. The van der Waals surface area contributed by atoms with Gasteiger partial charge >= 0.3 is 0 Å². The number of nitrogen functional groups attached to an aromatic ring is 2. The number of aromatic nitrogens is 1. The number of nitrogens with one attached hydrogen (secondary N) is 1. The van der Waals surface area contributed by atoms with Gasteiger partial charge in [0.25, 0.3) is 5.91 Å². The highest BCUT2D eigenvalue weighted by molar-refractivity contribution is 5.99. The van der Waals surface area contributed by atoms with Crippen LogP contribution in [-0.2, 0) is 6.54 Å². The summed E-state index contributed by atoms with van der Waals surface area (Å²) in [7, 11) is 0. The van der Waals surface area contributed by atoms with Gasteiger partial charge in [0, 0.05) is 17.4 Å². The van der Waals surface area contributed by atoms with Gasteiger partial charge < -0.3 is 21.3 Å². The molecule has 0 aliphatic rings. The monoisotopic (exact) mass is 246 g/mol. The molecule has 1 aromatic heterocycles. The Morgan fingerprint density at radius 3 is 2.78 bits per heavy atom. The minimum Gasteiger partial charge on any atom is -0.399 e. The van der Waals surface area contributed by atoms with Crippen molar-refractivity contribution in [1.82, 2.24) is 10.5 Å².